The Bertz CT molecular complexity index is 1040. The van der Waals surface area contributed by atoms with Crippen LogP contribution < -0.4 is 0 Å². The summed E-state index contributed by atoms with van der Waals surface area (Å²) in [6, 6.07) is 16.9. The third-order valence-corrected chi connectivity index (χ3v) is 6.79. The van der Waals surface area contributed by atoms with Crippen LogP contribution in [-0.4, -0.2) is 22.0 Å². The molecule has 0 spiro atoms. The molecule has 0 aliphatic carbocycles. The first-order valence-corrected chi connectivity index (χ1v) is 14.3. The van der Waals surface area contributed by atoms with E-state index >= 15 is 0 Å². The molecule has 3 aromatic rings. The van der Waals surface area contributed by atoms with Gasteiger partial charge in [-0.05, 0) is 48.4 Å². The molecule has 0 fully saturated rings. The Labute approximate surface area is 223 Å². The van der Waals surface area contributed by atoms with Gasteiger partial charge in [-0.25, -0.2) is 9.97 Å². The molecule has 0 aliphatic heterocycles. The molecule has 1 atom stereocenters. The van der Waals surface area contributed by atoms with Gasteiger partial charge >= 0.3 is 5.97 Å². The molecule has 4 heteroatoms. The molecule has 37 heavy (non-hydrogen) atoms. The quantitative estimate of drug-likeness (QED) is 0.146. The molecule has 0 radical (unpaired) electrons. The fourth-order valence-corrected chi connectivity index (χ4v) is 4.56. The zero-order valence-corrected chi connectivity index (χ0v) is 23.0. The van der Waals surface area contributed by atoms with Crippen molar-refractivity contribution in [2.75, 3.05) is 0 Å². The summed E-state index contributed by atoms with van der Waals surface area (Å²) < 4.78 is 5.56. The number of ether oxygens (including phenoxy) is 1. The number of esters is 1. The van der Waals surface area contributed by atoms with E-state index in [4.69, 9.17) is 4.74 Å². The number of aryl methyl sites for hydroxylation is 1. The van der Waals surface area contributed by atoms with Crippen molar-refractivity contribution in [3.63, 3.8) is 0 Å². The van der Waals surface area contributed by atoms with Gasteiger partial charge < -0.3 is 4.74 Å². The number of rotatable bonds is 16. The second kappa shape index (κ2) is 16.0. The van der Waals surface area contributed by atoms with E-state index in [0.29, 0.717) is 6.42 Å². The smallest absolute Gasteiger partial charge is 0.306 e. The van der Waals surface area contributed by atoms with Crippen molar-refractivity contribution < 1.29 is 9.53 Å². The Morgan fingerprint density at radius 1 is 0.703 bits per heavy atom. The van der Waals surface area contributed by atoms with E-state index < -0.39 is 0 Å². The molecule has 1 unspecified atom stereocenters. The van der Waals surface area contributed by atoms with Crippen LogP contribution in [0.15, 0.2) is 60.9 Å². The lowest BCUT2D eigenvalue weighted by Gasteiger charge is -2.14. The minimum Gasteiger partial charge on any atom is -0.462 e. The zero-order chi connectivity index (χ0) is 26.3. The van der Waals surface area contributed by atoms with E-state index in [2.05, 4.69) is 72.3 Å². The van der Waals surface area contributed by atoms with Crippen molar-refractivity contribution in [3.05, 3.63) is 72.1 Å². The van der Waals surface area contributed by atoms with Crippen LogP contribution >= 0.6 is 0 Å². The second-order valence-electron chi connectivity index (χ2n) is 10.2. The number of benzene rings is 2. The van der Waals surface area contributed by atoms with Crippen LogP contribution in [0.4, 0.5) is 0 Å². The maximum Gasteiger partial charge on any atom is 0.306 e. The molecular formula is C33H44N2O2. The summed E-state index contributed by atoms with van der Waals surface area (Å²) in [5, 5.41) is 0. The van der Waals surface area contributed by atoms with Crippen molar-refractivity contribution in [3.8, 4) is 22.5 Å². The highest BCUT2D eigenvalue weighted by Crippen LogP contribution is 2.24. The van der Waals surface area contributed by atoms with Crippen LogP contribution in [-0.2, 0) is 22.4 Å². The number of hydrogen-bond donors (Lipinski definition) is 0. The summed E-state index contributed by atoms with van der Waals surface area (Å²) in [7, 11) is 0. The van der Waals surface area contributed by atoms with E-state index in [9.17, 15) is 4.79 Å². The molecule has 0 N–H and O–H groups in total. The molecule has 0 saturated heterocycles. The standard InChI is InChI=1S/C33H44N2O2/c1-4-6-8-9-10-12-13-28-24-34-33(35-25-28)31-21-19-30(20-22-31)29-17-15-27(16-18-29)23-26(3)37-32(36)14-11-7-5-2/h15-22,24-26H,4-14,23H2,1-3H3. The topological polar surface area (TPSA) is 52.1 Å². The summed E-state index contributed by atoms with van der Waals surface area (Å²) in [6.45, 7) is 6.35. The number of aromatic nitrogens is 2. The van der Waals surface area contributed by atoms with E-state index in [1.165, 1.54) is 49.7 Å². The van der Waals surface area contributed by atoms with Gasteiger partial charge in [0.05, 0.1) is 0 Å². The van der Waals surface area contributed by atoms with E-state index in [1.54, 1.807) is 0 Å². The lowest BCUT2D eigenvalue weighted by molar-refractivity contribution is -0.148. The largest absolute Gasteiger partial charge is 0.462 e. The Hall–Kier alpha value is -3.01. The molecule has 0 saturated carbocycles. The lowest BCUT2D eigenvalue weighted by Crippen LogP contribution is -2.17. The first-order valence-electron chi connectivity index (χ1n) is 14.3. The third kappa shape index (κ3) is 10.1. The molecule has 0 bridgehead atoms. The van der Waals surface area contributed by atoms with Crippen molar-refractivity contribution in [1.82, 2.24) is 9.97 Å². The summed E-state index contributed by atoms with van der Waals surface area (Å²) in [4.78, 5) is 21.2. The fraction of sp³-hybridized carbons (Fsp3) is 0.485. The van der Waals surface area contributed by atoms with Crippen LogP contribution in [0.3, 0.4) is 0 Å². The summed E-state index contributed by atoms with van der Waals surface area (Å²) in [6.07, 6.45) is 17.0. The monoisotopic (exact) mass is 500 g/mol. The Morgan fingerprint density at radius 2 is 1.24 bits per heavy atom. The predicted octanol–water partition coefficient (Wildman–Crippen LogP) is 8.77. The first-order chi connectivity index (χ1) is 18.1. The van der Waals surface area contributed by atoms with E-state index in [0.717, 1.165) is 54.6 Å². The van der Waals surface area contributed by atoms with Gasteiger partial charge in [0.15, 0.2) is 5.82 Å². The van der Waals surface area contributed by atoms with Gasteiger partial charge in [0, 0.05) is 30.8 Å². The molecule has 0 amide bonds. The normalized spacial score (nSPS) is 11.9. The highest BCUT2D eigenvalue weighted by atomic mass is 16.5. The van der Waals surface area contributed by atoms with Gasteiger partial charge in [-0.1, -0.05) is 107 Å². The third-order valence-electron chi connectivity index (χ3n) is 6.79. The van der Waals surface area contributed by atoms with Crippen LogP contribution in [0.2, 0.25) is 0 Å². The molecule has 0 aliphatic rings. The molecule has 198 valence electrons. The summed E-state index contributed by atoms with van der Waals surface area (Å²) in [5.74, 6) is 0.681. The fourth-order valence-electron chi connectivity index (χ4n) is 4.56. The molecule has 4 nitrogen and oxygen atoms in total. The maximum absolute atomic E-state index is 12.0. The molecule has 1 heterocycles. The van der Waals surface area contributed by atoms with Crippen LogP contribution in [0.5, 0.6) is 0 Å². The van der Waals surface area contributed by atoms with Crippen LogP contribution in [0.1, 0.15) is 96.1 Å². The SMILES string of the molecule is CCCCCCCCc1cnc(-c2ccc(-c3ccc(CC(C)OC(=O)CCCCC)cc3)cc2)nc1. The number of carbonyl (C=O) groups excluding carboxylic acids is 1. The number of nitrogens with zero attached hydrogens (tertiary/aromatic N) is 2. The zero-order valence-electron chi connectivity index (χ0n) is 23.0. The Morgan fingerprint density at radius 3 is 1.89 bits per heavy atom. The average Bonchev–Trinajstić information content (AvgIpc) is 2.92. The Balaban J connectivity index is 1.48. The molecule has 2 aromatic carbocycles. The van der Waals surface area contributed by atoms with Gasteiger partial charge in [-0.15, -0.1) is 0 Å². The van der Waals surface area contributed by atoms with Crippen molar-refractivity contribution in [1.29, 1.82) is 0 Å². The minimum absolute atomic E-state index is 0.0888. The van der Waals surface area contributed by atoms with Gasteiger partial charge in [0.1, 0.15) is 6.10 Å². The maximum atomic E-state index is 12.0. The van der Waals surface area contributed by atoms with Crippen LogP contribution in [0.25, 0.3) is 22.5 Å². The average molecular weight is 501 g/mol. The first kappa shape index (κ1) is 28.6. The summed E-state index contributed by atoms with van der Waals surface area (Å²) in [5.41, 5.74) is 5.74. The van der Waals surface area contributed by atoms with Crippen molar-refractivity contribution >= 4 is 5.97 Å². The Kier molecular flexibility index (Phi) is 12.3. The van der Waals surface area contributed by atoms with E-state index in [-0.39, 0.29) is 12.1 Å². The van der Waals surface area contributed by atoms with Gasteiger partial charge in [-0.3, -0.25) is 4.79 Å². The summed E-state index contributed by atoms with van der Waals surface area (Å²) >= 11 is 0. The van der Waals surface area contributed by atoms with Crippen molar-refractivity contribution in [2.45, 2.75) is 104 Å². The number of carbonyl (C=O) groups is 1. The highest BCUT2D eigenvalue weighted by molar-refractivity contribution is 5.69. The molecule has 3 rings (SSSR count). The van der Waals surface area contributed by atoms with Gasteiger partial charge in [0.25, 0.3) is 0 Å². The van der Waals surface area contributed by atoms with Gasteiger partial charge in [-0.2, -0.15) is 0 Å². The minimum atomic E-state index is -0.114. The molecular weight excluding hydrogens is 456 g/mol. The highest BCUT2D eigenvalue weighted by Gasteiger charge is 2.10. The van der Waals surface area contributed by atoms with Crippen molar-refractivity contribution in [2.24, 2.45) is 0 Å². The second-order valence-corrected chi connectivity index (χ2v) is 10.2. The van der Waals surface area contributed by atoms with Gasteiger partial charge in [0.2, 0.25) is 0 Å². The van der Waals surface area contributed by atoms with E-state index in [1.807, 2.05) is 19.3 Å². The molecule has 1 aromatic heterocycles. The lowest BCUT2D eigenvalue weighted by atomic mass is 10.0. The van der Waals surface area contributed by atoms with Crippen LogP contribution in [0, 0.1) is 0 Å². The number of hydrogen-bond acceptors (Lipinski definition) is 4. The number of unbranched alkanes of at least 4 members (excludes halogenated alkanes) is 7. The predicted molar refractivity (Wildman–Crippen MR) is 153 cm³/mol.